The summed E-state index contributed by atoms with van der Waals surface area (Å²) in [7, 11) is -2.30. The summed E-state index contributed by atoms with van der Waals surface area (Å²) in [6.07, 6.45) is 1.04. The van der Waals surface area contributed by atoms with Crippen LogP contribution in [-0.4, -0.2) is 18.0 Å². The predicted molar refractivity (Wildman–Crippen MR) is 91.5 cm³/mol. The minimum absolute atomic E-state index is 0.125. The Morgan fingerprint density at radius 3 is 2.21 bits per heavy atom. The number of sulfone groups is 1. The highest BCUT2D eigenvalue weighted by atomic mass is 32.2. The van der Waals surface area contributed by atoms with Gasteiger partial charge < -0.3 is 4.57 Å². The first-order chi connectivity index (χ1) is 11.4. The van der Waals surface area contributed by atoms with Crippen LogP contribution in [0.25, 0.3) is 11.3 Å². The molecule has 2 aromatic carbocycles. The van der Waals surface area contributed by atoms with E-state index in [4.69, 9.17) is 0 Å². The summed E-state index contributed by atoms with van der Waals surface area (Å²) < 4.78 is 27.4. The van der Waals surface area contributed by atoms with Crippen molar-refractivity contribution in [2.75, 3.05) is 0 Å². The molecule has 6 heteroatoms. The van der Waals surface area contributed by atoms with Crippen molar-refractivity contribution < 1.29 is 8.42 Å². The van der Waals surface area contributed by atoms with Crippen molar-refractivity contribution in [2.24, 2.45) is 7.05 Å². The summed E-state index contributed by atoms with van der Waals surface area (Å²) in [6.45, 7) is 1.89. The highest BCUT2D eigenvalue weighted by Crippen LogP contribution is 2.28. The molecule has 0 saturated carbocycles. The summed E-state index contributed by atoms with van der Waals surface area (Å²) in [5.74, 6) is 0. The van der Waals surface area contributed by atoms with Gasteiger partial charge >= 0.3 is 0 Å². The lowest BCUT2D eigenvalue weighted by Crippen LogP contribution is -2.22. The summed E-state index contributed by atoms with van der Waals surface area (Å²) in [5.41, 5.74) is 1.50. The Hall–Kier alpha value is -2.73. The average Bonchev–Trinajstić information content (AvgIpc) is 2.58. The SMILES string of the molecule is Cc1ccc(S(=O)(=O)c2ncc(=O)n(C)c2-c2ccccc2)cc1. The fraction of sp³-hybridized carbons (Fsp3) is 0.111. The van der Waals surface area contributed by atoms with Crippen molar-refractivity contribution in [1.82, 2.24) is 9.55 Å². The monoisotopic (exact) mass is 340 g/mol. The lowest BCUT2D eigenvalue weighted by atomic mass is 10.1. The van der Waals surface area contributed by atoms with E-state index in [1.807, 2.05) is 13.0 Å². The van der Waals surface area contributed by atoms with Crippen LogP contribution in [-0.2, 0) is 16.9 Å². The van der Waals surface area contributed by atoms with Gasteiger partial charge in [-0.1, -0.05) is 48.0 Å². The quantitative estimate of drug-likeness (QED) is 0.735. The van der Waals surface area contributed by atoms with Gasteiger partial charge in [-0.05, 0) is 19.1 Å². The van der Waals surface area contributed by atoms with E-state index in [0.717, 1.165) is 11.8 Å². The first-order valence-electron chi connectivity index (χ1n) is 7.34. The Labute approximate surface area is 140 Å². The molecular formula is C18H16N2O3S. The van der Waals surface area contributed by atoms with Crippen LogP contribution in [0.1, 0.15) is 5.56 Å². The van der Waals surface area contributed by atoms with Gasteiger partial charge in [0.15, 0.2) is 5.03 Å². The smallest absolute Gasteiger partial charge is 0.269 e. The second kappa shape index (κ2) is 6.05. The van der Waals surface area contributed by atoms with E-state index in [2.05, 4.69) is 4.98 Å². The Morgan fingerprint density at radius 1 is 0.958 bits per heavy atom. The molecule has 0 aliphatic heterocycles. The molecule has 1 heterocycles. The minimum Gasteiger partial charge on any atom is -0.307 e. The van der Waals surface area contributed by atoms with E-state index in [1.54, 1.807) is 55.6 Å². The molecule has 3 aromatic rings. The lowest BCUT2D eigenvalue weighted by molar-refractivity contribution is 0.590. The summed E-state index contributed by atoms with van der Waals surface area (Å²) >= 11 is 0. The van der Waals surface area contributed by atoms with Crippen LogP contribution >= 0.6 is 0 Å². The van der Waals surface area contributed by atoms with E-state index in [-0.39, 0.29) is 21.2 Å². The standard InChI is InChI=1S/C18H16N2O3S/c1-13-8-10-15(11-9-13)24(22,23)18-17(14-6-4-3-5-7-14)20(2)16(21)12-19-18/h3-12H,1-2H3. The van der Waals surface area contributed by atoms with E-state index in [0.29, 0.717) is 5.56 Å². The number of hydrogen-bond donors (Lipinski definition) is 0. The molecule has 0 unspecified atom stereocenters. The highest BCUT2D eigenvalue weighted by molar-refractivity contribution is 7.91. The molecule has 0 bridgehead atoms. The normalized spacial score (nSPS) is 11.4. The van der Waals surface area contributed by atoms with Crippen molar-refractivity contribution in [3.63, 3.8) is 0 Å². The van der Waals surface area contributed by atoms with Gasteiger partial charge in [0.25, 0.3) is 5.56 Å². The number of nitrogens with zero attached hydrogens (tertiary/aromatic N) is 2. The van der Waals surface area contributed by atoms with Crippen LogP contribution in [0.15, 0.2) is 75.5 Å². The van der Waals surface area contributed by atoms with E-state index in [9.17, 15) is 13.2 Å². The molecule has 0 amide bonds. The van der Waals surface area contributed by atoms with Crippen molar-refractivity contribution >= 4 is 9.84 Å². The third-order valence-electron chi connectivity index (χ3n) is 3.79. The van der Waals surface area contributed by atoms with E-state index >= 15 is 0 Å². The second-order valence-corrected chi connectivity index (χ2v) is 7.36. The number of hydrogen-bond acceptors (Lipinski definition) is 4. The van der Waals surface area contributed by atoms with Gasteiger partial charge in [0.2, 0.25) is 9.84 Å². The third kappa shape index (κ3) is 2.76. The van der Waals surface area contributed by atoms with Crippen LogP contribution < -0.4 is 5.56 Å². The maximum Gasteiger partial charge on any atom is 0.269 e. The topological polar surface area (TPSA) is 69.0 Å². The molecule has 0 aliphatic rings. The molecular weight excluding hydrogens is 324 g/mol. The molecule has 0 spiro atoms. The van der Waals surface area contributed by atoms with Crippen LogP contribution in [0, 0.1) is 6.92 Å². The fourth-order valence-electron chi connectivity index (χ4n) is 2.45. The van der Waals surface area contributed by atoms with Crippen molar-refractivity contribution in [3.05, 3.63) is 76.7 Å². The lowest BCUT2D eigenvalue weighted by Gasteiger charge is -2.13. The van der Waals surface area contributed by atoms with Gasteiger partial charge in [-0.2, -0.15) is 0 Å². The highest BCUT2D eigenvalue weighted by Gasteiger charge is 2.25. The van der Waals surface area contributed by atoms with Gasteiger partial charge in [-0.25, -0.2) is 13.4 Å². The Balaban J connectivity index is 2.31. The Morgan fingerprint density at radius 2 is 1.58 bits per heavy atom. The summed E-state index contributed by atoms with van der Waals surface area (Å²) in [5, 5.41) is -0.125. The van der Waals surface area contributed by atoms with Crippen molar-refractivity contribution in [2.45, 2.75) is 16.8 Å². The van der Waals surface area contributed by atoms with Crippen LogP contribution in [0.5, 0.6) is 0 Å². The molecule has 122 valence electrons. The van der Waals surface area contributed by atoms with Crippen molar-refractivity contribution in [3.8, 4) is 11.3 Å². The van der Waals surface area contributed by atoms with Gasteiger partial charge in [0.1, 0.15) is 0 Å². The molecule has 1 aromatic heterocycles. The molecule has 24 heavy (non-hydrogen) atoms. The molecule has 5 nitrogen and oxygen atoms in total. The second-order valence-electron chi connectivity index (χ2n) is 5.49. The van der Waals surface area contributed by atoms with Crippen LogP contribution in [0.2, 0.25) is 0 Å². The Bertz CT molecular complexity index is 1040. The van der Waals surface area contributed by atoms with Crippen LogP contribution in [0.4, 0.5) is 0 Å². The van der Waals surface area contributed by atoms with E-state index in [1.165, 1.54) is 4.57 Å². The molecule has 0 aliphatic carbocycles. The molecule has 0 N–H and O–H groups in total. The number of aryl methyl sites for hydroxylation is 1. The zero-order valence-corrected chi connectivity index (χ0v) is 14.1. The zero-order valence-electron chi connectivity index (χ0n) is 13.3. The summed E-state index contributed by atoms with van der Waals surface area (Å²) in [4.78, 5) is 16.1. The van der Waals surface area contributed by atoms with Gasteiger partial charge in [0.05, 0.1) is 16.8 Å². The van der Waals surface area contributed by atoms with E-state index < -0.39 is 9.84 Å². The zero-order chi connectivity index (χ0) is 17.3. The third-order valence-corrected chi connectivity index (χ3v) is 5.49. The average molecular weight is 340 g/mol. The molecule has 0 saturated heterocycles. The van der Waals surface area contributed by atoms with Gasteiger partial charge in [0, 0.05) is 12.6 Å². The molecule has 0 atom stereocenters. The minimum atomic E-state index is -3.84. The number of aromatic nitrogens is 2. The fourth-order valence-corrected chi connectivity index (χ4v) is 3.87. The van der Waals surface area contributed by atoms with Crippen LogP contribution in [0.3, 0.4) is 0 Å². The molecule has 3 rings (SSSR count). The Kier molecular flexibility index (Phi) is 4.07. The first-order valence-corrected chi connectivity index (χ1v) is 8.83. The predicted octanol–water partition coefficient (Wildman–Crippen LogP) is 2.59. The number of benzene rings is 2. The van der Waals surface area contributed by atoms with Gasteiger partial charge in [-0.15, -0.1) is 0 Å². The summed E-state index contributed by atoms with van der Waals surface area (Å²) in [6, 6.07) is 15.5. The number of rotatable bonds is 3. The first kappa shape index (κ1) is 16.1. The maximum atomic E-state index is 13.0. The van der Waals surface area contributed by atoms with Gasteiger partial charge in [-0.3, -0.25) is 4.79 Å². The molecule has 0 radical (unpaired) electrons. The largest absolute Gasteiger partial charge is 0.307 e. The maximum absolute atomic E-state index is 13.0. The molecule has 0 fully saturated rings. The van der Waals surface area contributed by atoms with Crippen molar-refractivity contribution in [1.29, 1.82) is 0 Å².